The summed E-state index contributed by atoms with van der Waals surface area (Å²) in [5.74, 6) is 0.528. The number of rotatable bonds is 3. The molecule has 0 aliphatic heterocycles. The second kappa shape index (κ2) is 4.00. The van der Waals surface area contributed by atoms with Crippen LogP contribution in [0.4, 0.5) is 0 Å². The van der Waals surface area contributed by atoms with Crippen LogP contribution in [0.15, 0.2) is 28.7 Å². The van der Waals surface area contributed by atoms with Gasteiger partial charge in [-0.3, -0.25) is 0 Å². The van der Waals surface area contributed by atoms with E-state index in [-0.39, 0.29) is 0 Å². The molecule has 84 valence electrons. The highest BCUT2D eigenvalue weighted by Gasteiger charge is 2.08. The van der Waals surface area contributed by atoms with Crippen molar-refractivity contribution >= 4 is 16.9 Å². The van der Waals surface area contributed by atoms with Crippen molar-refractivity contribution in [3.05, 3.63) is 35.6 Å². The van der Waals surface area contributed by atoms with Crippen molar-refractivity contribution in [1.82, 2.24) is 0 Å². The van der Waals surface area contributed by atoms with Gasteiger partial charge in [-0.1, -0.05) is 13.8 Å². The number of fused-ring (bicyclic) bond motifs is 1. The Morgan fingerprint density at radius 1 is 1.38 bits per heavy atom. The Balaban J connectivity index is 2.42. The van der Waals surface area contributed by atoms with E-state index in [0.717, 1.165) is 23.2 Å². The van der Waals surface area contributed by atoms with Crippen LogP contribution >= 0.6 is 0 Å². The highest BCUT2D eigenvalue weighted by Crippen LogP contribution is 2.22. The Morgan fingerprint density at radius 2 is 2.12 bits per heavy atom. The third-order valence-electron chi connectivity index (χ3n) is 2.42. The van der Waals surface area contributed by atoms with Gasteiger partial charge in [-0.05, 0) is 30.2 Å². The Morgan fingerprint density at radius 3 is 2.75 bits per heavy atom. The summed E-state index contributed by atoms with van der Waals surface area (Å²) in [4.78, 5) is 10.8. The number of furan rings is 1. The molecule has 0 atom stereocenters. The fourth-order valence-corrected chi connectivity index (χ4v) is 1.73. The quantitative estimate of drug-likeness (QED) is 0.859. The van der Waals surface area contributed by atoms with E-state index in [4.69, 9.17) is 9.52 Å². The third kappa shape index (κ3) is 2.08. The van der Waals surface area contributed by atoms with Crippen LogP contribution in [-0.4, -0.2) is 11.1 Å². The van der Waals surface area contributed by atoms with Crippen molar-refractivity contribution < 1.29 is 14.3 Å². The second-order valence-corrected chi connectivity index (χ2v) is 4.37. The molecule has 0 spiro atoms. The molecule has 2 aromatic rings. The molecule has 0 fully saturated rings. The van der Waals surface area contributed by atoms with Crippen LogP contribution < -0.4 is 0 Å². The molecule has 0 saturated carbocycles. The normalized spacial score (nSPS) is 11.2. The summed E-state index contributed by atoms with van der Waals surface area (Å²) in [6, 6.07) is 6.84. The summed E-state index contributed by atoms with van der Waals surface area (Å²) in [7, 11) is 0. The summed E-state index contributed by atoms with van der Waals surface area (Å²) < 4.78 is 5.62. The maximum Gasteiger partial charge on any atom is 0.335 e. The average Bonchev–Trinajstić information content (AvgIpc) is 2.56. The van der Waals surface area contributed by atoms with E-state index in [0.29, 0.717) is 11.5 Å². The maximum atomic E-state index is 10.8. The SMILES string of the molecule is CC(C)Cc1cc2cc(C(=O)O)ccc2o1. The lowest BCUT2D eigenvalue weighted by Gasteiger charge is -1.98. The predicted molar refractivity (Wildman–Crippen MR) is 61.7 cm³/mol. The van der Waals surface area contributed by atoms with Crippen molar-refractivity contribution in [3.8, 4) is 0 Å². The van der Waals surface area contributed by atoms with E-state index >= 15 is 0 Å². The predicted octanol–water partition coefficient (Wildman–Crippen LogP) is 3.33. The summed E-state index contributed by atoms with van der Waals surface area (Å²) in [5.41, 5.74) is 1.05. The molecule has 0 radical (unpaired) electrons. The number of benzene rings is 1. The molecule has 0 amide bonds. The van der Waals surface area contributed by atoms with Crippen molar-refractivity contribution in [3.63, 3.8) is 0 Å². The van der Waals surface area contributed by atoms with Crippen LogP contribution in [0.5, 0.6) is 0 Å². The molecule has 1 heterocycles. The summed E-state index contributed by atoms with van der Waals surface area (Å²) in [6.07, 6.45) is 0.872. The van der Waals surface area contributed by atoms with Crippen LogP contribution in [-0.2, 0) is 6.42 Å². The van der Waals surface area contributed by atoms with Crippen LogP contribution in [0, 0.1) is 5.92 Å². The Kier molecular flexibility index (Phi) is 2.69. The first-order valence-corrected chi connectivity index (χ1v) is 5.32. The van der Waals surface area contributed by atoms with Crippen LogP contribution in [0.25, 0.3) is 11.0 Å². The molecule has 0 unspecified atom stereocenters. The molecule has 0 aliphatic carbocycles. The standard InChI is InChI=1S/C13H14O3/c1-8(2)5-11-7-10-6-9(13(14)15)3-4-12(10)16-11/h3-4,6-8H,5H2,1-2H3,(H,14,15). The average molecular weight is 218 g/mol. The number of carbonyl (C=O) groups is 1. The molecule has 1 aromatic carbocycles. The largest absolute Gasteiger partial charge is 0.478 e. The fraction of sp³-hybridized carbons (Fsp3) is 0.308. The van der Waals surface area contributed by atoms with Gasteiger partial charge in [-0.2, -0.15) is 0 Å². The number of carboxylic acids is 1. The molecular weight excluding hydrogens is 204 g/mol. The van der Waals surface area contributed by atoms with E-state index < -0.39 is 5.97 Å². The van der Waals surface area contributed by atoms with Crippen LogP contribution in [0.3, 0.4) is 0 Å². The Bertz CT molecular complexity index is 523. The number of hydrogen-bond acceptors (Lipinski definition) is 2. The highest BCUT2D eigenvalue weighted by atomic mass is 16.4. The van der Waals surface area contributed by atoms with E-state index in [9.17, 15) is 4.79 Å². The zero-order valence-electron chi connectivity index (χ0n) is 9.36. The van der Waals surface area contributed by atoms with Gasteiger partial charge in [0.25, 0.3) is 0 Å². The minimum Gasteiger partial charge on any atom is -0.478 e. The van der Waals surface area contributed by atoms with Crippen LogP contribution in [0.1, 0.15) is 30.0 Å². The molecule has 2 rings (SSSR count). The van der Waals surface area contributed by atoms with Gasteiger partial charge in [0.2, 0.25) is 0 Å². The summed E-state index contributed by atoms with van der Waals surface area (Å²) in [6.45, 7) is 4.24. The second-order valence-electron chi connectivity index (χ2n) is 4.37. The Labute approximate surface area is 93.7 Å². The molecule has 1 aromatic heterocycles. The van der Waals surface area contributed by atoms with Gasteiger partial charge in [0, 0.05) is 11.8 Å². The number of aromatic carboxylic acids is 1. The van der Waals surface area contributed by atoms with Crippen molar-refractivity contribution in [1.29, 1.82) is 0 Å². The van der Waals surface area contributed by atoms with Gasteiger partial charge in [-0.25, -0.2) is 4.79 Å². The molecule has 3 nitrogen and oxygen atoms in total. The molecule has 0 bridgehead atoms. The molecule has 16 heavy (non-hydrogen) atoms. The first kappa shape index (κ1) is 10.7. The van der Waals surface area contributed by atoms with Gasteiger partial charge >= 0.3 is 5.97 Å². The lowest BCUT2D eigenvalue weighted by atomic mass is 10.1. The van der Waals surface area contributed by atoms with Gasteiger partial charge in [-0.15, -0.1) is 0 Å². The van der Waals surface area contributed by atoms with E-state index in [1.807, 2.05) is 6.07 Å². The van der Waals surface area contributed by atoms with Gasteiger partial charge in [0.1, 0.15) is 11.3 Å². The Hall–Kier alpha value is -1.77. The van der Waals surface area contributed by atoms with Gasteiger partial charge < -0.3 is 9.52 Å². The third-order valence-corrected chi connectivity index (χ3v) is 2.42. The maximum absolute atomic E-state index is 10.8. The minimum absolute atomic E-state index is 0.296. The molecule has 3 heteroatoms. The summed E-state index contributed by atoms with van der Waals surface area (Å²) >= 11 is 0. The zero-order chi connectivity index (χ0) is 11.7. The van der Waals surface area contributed by atoms with Gasteiger partial charge in [0.05, 0.1) is 5.56 Å². The first-order chi connectivity index (χ1) is 7.56. The fourth-order valence-electron chi connectivity index (χ4n) is 1.73. The lowest BCUT2D eigenvalue weighted by molar-refractivity contribution is 0.0697. The van der Waals surface area contributed by atoms with E-state index in [1.54, 1.807) is 18.2 Å². The van der Waals surface area contributed by atoms with E-state index in [1.165, 1.54) is 0 Å². The smallest absolute Gasteiger partial charge is 0.335 e. The first-order valence-electron chi connectivity index (χ1n) is 5.32. The van der Waals surface area contributed by atoms with Crippen molar-refractivity contribution in [2.75, 3.05) is 0 Å². The number of carboxylic acid groups (broad SMARTS) is 1. The lowest BCUT2D eigenvalue weighted by Crippen LogP contribution is -1.94. The topological polar surface area (TPSA) is 50.4 Å². The molecule has 0 saturated heterocycles. The molecule has 1 N–H and O–H groups in total. The van der Waals surface area contributed by atoms with Gasteiger partial charge in [0.15, 0.2) is 0 Å². The van der Waals surface area contributed by atoms with Crippen LogP contribution in [0.2, 0.25) is 0 Å². The number of hydrogen-bond donors (Lipinski definition) is 1. The monoisotopic (exact) mass is 218 g/mol. The van der Waals surface area contributed by atoms with Crippen molar-refractivity contribution in [2.45, 2.75) is 20.3 Å². The highest BCUT2D eigenvalue weighted by molar-refractivity contribution is 5.93. The van der Waals surface area contributed by atoms with E-state index in [2.05, 4.69) is 13.8 Å². The summed E-state index contributed by atoms with van der Waals surface area (Å²) in [5, 5.41) is 9.72. The minimum atomic E-state index is -0.909. The molecular formula is C13H14O3. The van der Waals surface area contributed by atoms with Crippen molar-refractivity contribution in [2.24, 2.45) is 5.92 Å². The molecule has 0 aliphatic rings. The zero-order valence-corrected chi connectivity index (χ0v) is 9.36.